The molecule has 2 rings (SSSR count). The molecule has 1 aromatic heterocycles. The Labute approximate surface area is 95.1 Å². The van der Waals surface area contributed by atoms with Crippen molar-refractivity contribution in [2.75, 3.05) is 11.6 Å². The molecular weight excluding hydrogens is 206 g/mol. The molecule has 1 N–H and O–H groups in total. The quantitative estimate of drug-likeness (QED) is 0.854. The smallest absolute Gasteiger partial charge is 0.129 e. The first-order valence-corrected chi connectivity index (χ1v) is 6.67. The lowest BCUT2D eigenvalue weighted by molar-refractivity contribution is 0.761. The molecule has 1 saturated carbocycles. The first-order valence-electron chi connectivity index (χ1n) is 5.38. The van der Waals surface area contributed by atoms with Crippen LogP contribution >= 0.6 is 11.8 Å². The van der Waals surface area contributed by atoms with Crippen molar-refractivity contribution in [3.8, 4) is 0 Å². The molecule has 2 unspecified atom stereocenters. The normalized spacial score (nSPS) is 25.5. The summed E-state index contributed by atoms with van der Waals surface area (Å²) in [6.07, 6.45) is 7.91. The van der Waals surface area contributed by atoms with Gasteiger partial charge in [0.1, 0.15) is 11.6 Å². The molecule has 0 saturated heterocycles. The maximum absolute atomic E-state index is 4.37. The maximum Gasteiger partial charge on any atom is 0.129 e. The van der Waals surface area contributed by atoms with Gasteiger partial charge in [-0.15, -0.1) is 0 Å². The largest absolute Gasteiger partial charge is 0.366 e. The fraction of sp³-hybridized carbons (Fsp3) is 0.636. The van der Waals surface area contributed by atoms with Crippen LogP contribution < -0.4 is 5.32 Å². The average Bonchev–Trinajstić information content (AvgIpc) is 2.65. The Kier molecular flexibility index (Phi) is 3.46. The molecule has 15 heavy (non-hydrogen) atoms. The minimum absolute atomic E-state index is 0.578. The molecule has 0 aliphatic heterocycles. The van der Waals surface area contributed by atoms with E-state index < -0.39 is 0 Å². The van der Waals surface area contributed by atoms with Crippen LogP contribution in [-0.4, -0.2) is 27.5 Å². The van der Waals surface area contributed by atoms with Gasteiger partial charge in [0, 0.05) is 17.5 Å². The standard InChI is InChI=1S/C11H17N3S/c1-8-12-7-6-11(13-8)14-9-4-3-5-10(9)15-2/h6-7,9-10H,3-5H2,1-2H3,(H,12,13,14). The first kappa shape index (κ1) is 10.7. The number of nitrogens with one attached hydrogen (secondary N) is 1. The van der Waals surface area contributed by atoms with E-state index in [0.717, 1.165) is 16.9 Å². The number of hydrogen-bond acceptors (Lipinski definition) is 4. The molecule has 1 aromatic rings. The summed E-state index contributed by atoms with van der Waals surface area (Å²) < 4.78 is 0. The van der Waals surface area contributed by atoms with E-state index in [1.54, 1.807) is 0 Å². The maximum atomic E-state index is 4.37. The highest BCUT2D eigenvalue weighted by atomic mass is 32.2. The minimum atomic E-state index is 0.578. The fourth-order valence-corrected chi connectivity index (χ4v) is 3.03. The molecule has 1 heterocycles. The molecule has 1 fully saturated rings. The zero-order valence-corrected chi connectivity index (χ0v) is 10.0. The number of hydrogen-bond donors (Lipinski definition) is 1. The zero-order valence-electron chi connectivity index (χ0n) is 9.23. The molecule has 0 spiro atoms. The molecule has 82 valence electrons. The van der Waals surface area contributed by atoms with Gasteiger partial charge in [0.25, 0.3) is 0 Å². The number of nitrogens with zero attached hydrogens (tertiary/aromatic N) is 2. The number of aryl methyl sites for hydroxylation is 1. The number of aromatic nitrogens is 2. The van der Waals surface area contributed by atoms with Crippen LogP contribution in [0.3, 0.4) is 0 Å². The molecule has 1 aliphatic rings. The predicted octanol–water partition coefficient (Wildman–Crippen LogP) is 2.48. The molecule has 0 radical (unpaired) electrons. The Bertz CT molecular complexity index is 329. The van der Waals surface area contributed by atoms with Crippen molar-refractivity contribution in [2.45, 2.75) is 37.5 Å². The Balaban J connectivity index is 2.02. The molecule has 4 heteroatoms. The third-order valence-electron chi connectivity index (χ3n) is 2.86. The van der Waals surface area contributed by atoms with Crippen molar-refractivity contribution in [2.24, 2.45) is 0 Å². The Morgan fingerprint density at radius 2 is 2.33 bits per heavy atom. The highest BCUT2D eigenvalue weighted by Gasteiger charge is 2.26. The van der Waals surface area contributed by atoms with E-state index in [4.69, 9.17) is 0 Å². The van der Waals surface area contributed by atoms with Gasteiger partial charge in [-0.2, -0.15) is 11.8 Å². The molecule has 2 atom stereocenters. The topological polar surface area (TPSA) is 37.8 Å². The molecular formula is C11H17N3S. The van der Waals surface area contributed by atoms with Crippen LogP contribution in [0.2, 0.25) is 0 Å². The number of rotatable bonds is 3. The summed E-state index contributed by atoms with van der Waals surface area (Å²) in [5, 5.41) is 4.25. The lowest BCUT2D eigenvalue weighted by atomic mass is 10.2. The van der Waals surface area contributed by atoms with Crippen LogP contribution in [0.15, 0.2) is 12.3 Å². The Morgan fingerprint density at radius 1 is 1.47 bits per heavy atom. The van der Waals surface area contributed by atoms with Crippen molar-refractivity contribution < 1.29 is 0 Å². The summed E-state index contributed by atoms with van der Waals surface area (Å²) in [7, 11) is 0. The third kappa shape index (κ3) is 2.62. The van der Waals surface area contributed by atoms with E-state index in [2.05, 4.69) is 21.5 Å². The summed E-state index contributed by atoms with van der Waals surface area (Å²) in [5.74, 6) is 1.80. The van der Waals surface area contributed by atoms with Crippen LogP contribution in [-0.2, 0) is 0 Å². The summed E-state index contributed by atoms with van der Waals surface area (Å²) in [6.45, 7) is 1.92. The van der Waals surface area contributed by atoms with Gasteiger partial charge in [0.2, 0.25) is 0 Å². The average molecular weight is 223 g/mol. The van der Waals surface area contributed by atoms with Gasteiger partial charge in [-0.1, -0.05) is 6.42 Å². The van der Waals surface area contributed by atoms with Gasteiger partial charge in [0.05, 0.1) is 0 Å². The molecule has 0 amide bonds. The van der Waals surface area contributed by atoms with Crippen molar-refractivity contribution in [3.63, 3.8) is 0 Å². The van der Waals surface area contributed by atoms with E-state index in [1.807, 2.05) is 30.9 Å². The second-order valence-corrected chi connectivity index (χ2v) is 5.02. The van der Waals surface area contributed by atoms with Crippen molar-refractivity contribution in [1.29, 1.82) is 0 Å². The molecule has 3 nitrogen and oxygen atoms in total. The Hall–Kier alpha value is -0.770. The van der Waals surface area contributed by atoms with Gasteiger partial charge < -0.3 is 5.32 Å². The summed E-state index contributed by atoms with van der Waals surface area (Å²) >= 11 is 1.96. The van der Waals surface area contributed by atoms with Crippen molar-refractivity contribution in [3.05, 3.63) is 18.1 Å². The molecule has 1 aliphatic carbocycles. The van der Waals surface area contributed by atoms with Gasteiger partial charge in [0.15, 0.2) is 0 Å². The monoisotopic (exact) mass is 223 g/mol. The number of thioether (sulfide) groups is 1. The predicted molar refractivity (Wildman–Crippen MR) is 65.3 cm³/mol. The summed E-state index contributed by atoms with van der Waals surface area (Å²) in [6, 6.07) is 2.53. The summed E-state index contributed by atoms with van der Waals surface area (Å²) in [4.78, 5) is 8.47. The minimum Gasteiger partial charge on any atom is -0.366 e. The van der Waals surface area contributed by atoms with E-state index in [9.17, 15) is 0 Å². The highest BCUT2D eigenvalue weighted by molar-refractivity contribution is 7.99. The summed E-state index contributed by atoms with van der Waals surface area (Å²) in [5.41, 5.74) is 0. The van der Waals surface area contributed by atoms with Gasteiger partial charge in [-0.3, -0.25) is 0 Å². The van der Waals surface area contributed by atoms with E-state index in [0.29, 0.717) is 6.04 Å². The van der Waals surface area contributed by atoms with Gasteiger partial charge in [-0.25, -0.2) is 9.97 Å². The van der Waals surface area contributed by atoms with Crippen LogP contribution in [0.5, 0.6) is 0 Å². The van der Waals surface area contributed by atoms with Gasteiger partial charge in [-0.05, 0) is 32.1 Å². The third-order valence-corrected chi connectivity index (χ3v) is 4.03. The SMILES string of the molecule is CSC1CCCC1Nc1ccnc(C)n1. The van der Waals surface area contributed by atoms with Crippen molar-refractivity contribution in [1.82, 2.24) is 9.97 Å². The van der Waals surface area contributed by atoms with E-state index >= 15 is 0 Å². The van der Waals surface area contributed by atoms with Crippen molar-refractivity contribution >= 4 is 17.6 Å². The second-order valence-electron chi connectivity index (χ2n) is 3.94. The van der Waals surface area contributed by atoms with Gasteiger partial charge >= 0.3 is 0 Å². The molecule has 0 aromatic carbocycles. The number of anilines is 1. The van der Waals surface area contributed by atoms with Crippen LogP contribution in [0, 0.1) is 6.92 Å². The lowest BCUT2D eigenvalue weighted by Crippen LogP contribution is -2.26. The zero-order chi connectivity index (χ0) is 10.7. The van der Waals surface area contributed by atoms with Crippen LogP contribution in [0.4, 0.5) is 5.82 Å². The van der Waals surface area contributed by atoms with Crippen LogP contribution in [0.1, 0.15) is 25.1 Å². The lowest BCUT2D eigenvalue weighted by Gasteiger charge is -2.19. The Morgan fingerprint density at radius 3 is 3.07 bits per heavy atom. The highest BCUT2D eigenvalue weighted by Crippen LogP contribution is 2.30. The van der Waals surface area contributed by atoms with E-state index in [-0.39, 0.29) is 0 Å². The molecule has 0 bridgehead atoms. The fourth-order valence-electron chi connectivity index (χ4n) is 2.10. The first-order chi connectivity index (χ1) is 7.29. The van der Waals surface area contributed by atoms with E-state index in [1.165, 1.54) is 19.3 Å². The van der Waals surface area contributed by atoms with Crippen LogP contribution in [0.25, 0.3) is 0 Å². The second kappa shape index (κ2) is 4.84.